The molecule has 1 aliphatic rings. The highest BCUT2D eigenvalue weighted by atomic mass is 16.5. The Morgan fingerprint density at radius 3 is 3.20 bits per heavy atom. The minimum atomic E-state index is -0.389. The van der Waals surface area contributed by atoms with Gasteiger partial charge in [0.15, 0.2) is 6.61 Å². The molecule has 0 unspecified atom stereocenters. The van der Waals surface area contributed by atoms with Crippen molar-refractivity contribution in [2.75, 3.05) is 6.61 Å². The highest BCUT2D eigenvalue weighted by Gasteiger charge is 2.26. The molecule has 0 atom stereocenters. The van der Waals surface area contributed by atoms with Gasteiger partial charge in [-0.25, -0.2) is 4.68 Å². The van der Waals surface area contributed by atoms with E-state index in [2.05, 4.69) is 16.2 Å². The van der Waals surface area contributed by atoms with Gasteiger partial charge in [-0.15, -0.1) is 11.5 Å². The van der Waals surface area contributed by atoms with Gasteiger partial charge in [0.25, 0.3) is 0 Å². The Bertz CT molecular complexity index is 401. The number of nitrogens with zero attached hydrogens (tertiary/aromatic N) is 3. The first kappa shape index (κ1) is 9.71. The highest BCUT2D eigenvalue weighted by molar-refractivity contribution is 5.69. The lowest BCUT2D eigenvalue weighted by Gasteiger charge is -1.99. The van der Waals surface area contributed by atoms with E-state index in [9.17, 15) is 4.79 Å². The van der Waals surface area contributed by atoms with Crippen molar-refractivity contribution in [3.05, 3.63) is 11.9 Å². The van der Waals surface area contributed by atoms with Crippen LogP contribution in [0, 0.1) is 12.3 Å². The molecule has 2 rings (SSSR count). The second-order valence-electron chi connectivity index (χ2n) is 3.48. The molecular formula is C10H11N3O2. The maximum Gasteiger partial charge on any atom is 0.328 e. The van der Waals surface area contributed by atoms with Crippen molar-refractivity contribution in [2.45, 2.75) is 25.3 Å². The summed E-state index contributed by atoms with van der Waals surface area (Å²) in [6.07, 6.45) is 9.08. The second-order valence-corrected chi connectivity index (χ2v) is 3.48. The summed E-state index contributed by atoms with van der Waals surface area (Å²) in [6, 6.07) is 0. The molecule has 1 aromatic rings. The van der Waals surface area contributed by atoms with Crippen LogP contribution in [0.3, 0.4) is 0 Å². The number of rotatable bonds is 4. The predicted molar refractivity (Wildman–Crippen MR) is 51.8 cm³/mol. The minimum Gasteiger partial charge on any atom is -0.451 e. The van der Waals surface area contributed by atoms with Gasteiger partial charge in [0.05, 0.1) is 5.69 Å². The van der Waals surface area contributed by atoms with Crippen molar-refractivity contribution in [1.29, 1.82) is 0 Å². The van der Waals surface area contributed by atoms with E-state index in [4.69, 9.17) is 11.2 Å². The van der Waals surface area contributed by atoms with Crippen molar-refractivity contribution >= 4 is 5.97 Å². The molecule has 0 spiro atoms. The normalized spacial score (nSPS) is 14.6. The van der Waals surface area contributed by atoms with Crippen LogP contribution in [0.1, 0.15) is 24.5 Å². The lowest BCUT2D eigenvalue weighted by molar-refractivity contribution is -0.143. The van der Waals surface area contributed by atoms with Gasteiger partial charge in [-0.2, -0.15) is 0 Å². The minimum absolute atomic E-state index is 0.00299. The average molecular weight is 205 g/mol. The van der Waals surface area contributed by atoms with E-state index in [1.165, 1.54) is 17.5 Å². The summed E-state index contributed by atoms with van der Waals surface area (Å²) >= 11 is 0. The lowest BCUT2D eigenvalue weighted by Crippen LogP contribution is -2.14. The van der Waals surface area contributed by atoms with E-state index in [0.29, 0.717) is 5.92 Å². The van der Waals surface area contributed by atoms with Gasteiger partial charge in [-0.05, 0) is 12.8 Å². The third-order valence-electron chi connectivity index (χ3n) is 2.16. The molecule has 0 radical (unpaired) electrons. The van der Waals surface area contributed by atoms with Gasteiger partial charge in [0, 0.05) is 12.1 Å². The largest absolute Gasteiger partial charge is 0.451 e. The number of hydrogen-bond donors (Lipinski definition) is 0. The van der Waals surface area contributed by atoms with Crippen LogP contribution in [-0.2, 0) is 16.1 Å². The molecule has 78 valence electrons. The summed E-state index contributed by atoms with van der Waals surface area (Å²) in [5.41, 5.74) is 0.958. The Labute approximate surface area is 87.4 Å². The Hall–Kier alpha value is -1.83. The first-order valence-corrected chi connectivity index (χ1v) is 4.78. The Morgan fingerprint density at radius 1 is 1.73 bits per heavy atom. The Morgan fingerprint density at radius 2 is 2.53 bits per heavy atom. The van der Waals surface area contributed by atoms with E-state index >= 15 is 0 Å². The van der Waals surface area contributed by atoms with Crippen molar-refractivity contribution in [2.24, 2.45) is 0 Å². The number of aromatic nitrogens is 3. The monoisotopic (exact) mass is 205 g/mol. The third-order valence-corrected chi connectivity index (χ3v) is 2.16. The van der Waals surface area contributed by atoms with E-state index in [-0.39, 0.29) is 19.1 Å². The van der Waals surface area contributed by atoms with E-state index < -0.39 is 0 Å². The zero-order valence-corrected chi connectivity index (χ0v) is 8.22. The lowest BCUT2D eigenvalue weighted by atomic mass is 10.3. The fraction of sp³-hybridized carbons (Fsp3) is 0.500. The van der Waals surface area contributed by atoms with Gasteiger partial charge in [-0.1, -0.05) is 11.1 Å². The van der Waals surface area contributed by atoms with Gasteiger partial charge in [-0.3, -0.25) is 4.79 Å². The molecular weight excluding hydrogens is 194 g/mol. The number of ether oxygens (including phenoxy) is 1. The molecule has 15 heavy (non-hydrogen) atoms. The number of hydrogen-bond acceptors (Lipinski definition) is 4. The van der Waals surface area contributed by atoms with Crippen LogP contribution in [0.5, 0.6) is 0 Å². The maximum atomic E-state index is 11.2. The second kappa shape index (κ2) is 4.13. The molecule has 0 N–H and O–H groups in total. The van der Waals surface area contributed by atoms with Gasteiger partial charge >= 0.3 is 5.97 Å². The fourth-order valence-electron chi connectivity index (χ4n) is 1.26. The SMILES string of the molecule is C#CCOC(=O)Cn1cc(C2CC2)nn1. The van der Waals surface area contributed by atoms with Crippen molar-refractivity contribution in [1.82, 2.24) is 15.0 Å². The molecule has 1 heterocycles. The molecule has 1 aromatic heterocycles. The summed E-state index contributed by atoms with van der Waals surface area (Å²) in [4.78, 5) is 11.2. The highest BCUT2D eigenvalue weighted by Crippen LogP contribution is 2.38. The van der Waals surface area contributed by atoms with Crippen LogP contribution in [0.25, 0.3) is 0 Å². The van der Waals surface area contributed by atoms with Crippen molar-refractivity contribution in [3.8, 4) is 12.3 Å². The summed E-state index contributed by atoms with van der Waals surface area (Å²) in [7, 11) is 0. The zero-order valence-electron chi connectivity index (χ0n) is 8.22. The maximum absolute atomic E-state index is 11.2. The average Bonchev–Trinajstić information content (AvgIpc) is 2.98. The first-order valence-electron chi connectivity index (χ1n) is 4.78. The summed E-state index contributed by atoms with van der Waals surface area (Å²) in [5.74, 6) is 2.38. The zero-order chi connectivity index (χ0) is 10.7. The molecule has 5 nitrogen and oxygen atoms in total. The first-order chi connectivity index (χ1) is 7.29. The number of carbonyl (C=O) groups is 1. The van der Waals surface area contributed by atoms with Gasteiger partial charge in [0.1, 0.15) is 6.54 Å². The Balaban J connectivity index is 1.87. The molecule has 0 aliphatic heterocycles. The molecule has 0 amide bonds. The van der Waals surface area contributed by atoms with Crippen LogP contribution in [-0.4, -0.2) is 27.6 Å². The molecule has 0 saturated heterocycles. The molecule has 0 bridgehead atoms. The molecule has 0 aromatic carbocycles. The fourth-order valence-corrected chi connectivity index (χ4v) is 1.26. The predicted octanol–water partition coefficient (Wildman–Crippen LogP) is 0.332. The third kappa shape index (κ3) is 2.56. The van der Waals surface area contributed by atoms with E-state index in [1.54, 1.807) is 6.20 Å². The summed E-state index contributed by atoms with van der Waals surface area (Å²) < 4.78 is 6.20. The van der Waals surface area contributed by atoms with Crippen LogP contribution >= 0.6 is 0 Å². The van der Waals surface area contributed by atoms with Crippen molar-refractivity contribution < 1.29 is 9.53 Å². The van der Waals surface area contributed by atoms with Gasteiger partial charge in [0.2, 0.25) is 0 Å². The van der Waals surface area contributed by atoms with Crippen LogP contribution < -0.4 is 0 Å². The number of terminal acetylenes is 1. The van der Waals surface area contributed by atoms with E-state index in [1.807, 2.05) is 0 Å². The van der Waals surface area contributed by atoms with Crippen LogP contribution in [0.2, 0.25) is 0 Å². The summed E-state index contributed by atoms with van der Waals surface area (Å²) in [6.45, 7) is 0.0738. The smallest absolute Gasteiger partial charge is 0.328 e. The number of esters is 1. The van der Waals surface area contributed by atoms with Crippen LogP contribution in [0.4, 0.5) is 0 Å². The quantitative estimate of drug-likeness (QED) is 0.525. The molecule has 5 heteroatoms. The van der Waals surface area contributed by atoms with Gasteiger partial charge < -0.3 is 4.74 Å². The molecule has 1 fully saturated rings. The number of carbonyl (C=O) groups excluding carboxylic acids is 1. The standard InChI is InChI=1S/C10H11N3O2/c1-2-5-15-10(14)7-13-6-9(11-12-13)8-3-4-8/h1,6,8H,3-5,7H2. The Kier molecular flexibility index (Phi) is 2.68. The summed E-state index contributed by atoms with van der Waals surface area (Å²) in [5, 5.41) is 7.82. The molecule has 1 aliphatic carbocycles. The van der Waals surface area contributed by atoms with Crippen LogP contribution in [0.15, 0.2) is 6.20 Å². The molecule has 1 saturated carbocycles. The van der Waals surface area contributed by atoms with Crippen molar-refractivity contribution in [3.63, 3.8) is 0 Å². The van der Waals surface area contributed by atoms with E-state index in [0.717, 1.165) is 5.69 Å². The topological polar surface area (TPSA) is 57.0 Å².